The molecule has 1 aromatic carbocycles. The number of aromatic hydroxyl groups is 1. The van der Waals surface area contributed by atoms with Gasteiger partial charge in [0.1, 0.15) is 17.5 Å². The molecule has 0 aromatic heterocycles. The van der Waals surface area contributed by atoms with Gasteiger partial charge in [-0.3, -0.25) is 4.79 Å². The van der Waals surface area contributed by atoms with Gasteiger partial charge in [-0.15, -0.1) is 0 Å². The number of methoxy groups -OCH3 is 1. The lowest BCUT2D eigenvalue weighted by Gasteiger charge is -2.26. The molecule has 1 fully saturated rings. The third-order valence-electron chi connectivity index (χ3n) is 3.38. The van der Waals surface area contributed by atoms with Crippen molar-refractivity contribution in [3.8, 4) is 11.5 Å². The summed E-state index contributed by atoms with van der Waals surface area (Å²) in [7, 11) is 1.46. The second kappa shape index (κ2) is 5.40. The molecule has 1 aliphatic carbocycles. The van der Waals surface area contributed by atoms with Crippen LogP contribution in [-0.4, -0.2) is 46.2 Å². The van der Waals surface area contributed by atoms with Crippen molar-refractivity contribution in [3.63, 3.8) is 0 Å². The van der Waals surface area contributed by atoms with Gasteiger partial charge < -0.3 is 19.8 Å². The van der Waals surface area contributed by atoms with Crippen LogP contribution < -0.4 is 4.74 Å². The summed E-state index contributed by atoms with van der Waals surface area (Å²) in [5.74, 6) is -1.30. The highest BCUT2D eigenvalue weighted by Gasteiger charge is 2.39. The number of phenolic OH excluding ortho intramolecular Hbond substituents is 1. The number of phenols is 1. The number of aliphatic carboxylic acids is 1. The normalized spacial score (nSPS) is 15.5. The average Bonchev–Trinajstić information content (AvgIpc) is 3.23. The van der Waals surface area contributed by atoms with Crippen LogP contribution in [0.25, 0.3) is 0 Å². The minimum atomic E-state index is -1.06. The van der Waals surface area contributed by atoms with Crippen LogP contribution in [0.3, 0.4) is 0 Å². The first-order valence-corrected chi connectivity index (χ1v) is 6.38. The Balaban J connectivity index is 2.34. The van der Waals surface area contributed by atoms with E-state index in [4.69, 9.17) is 9.84 Å². The second-order valence-electron chi connectivity index (χ2n) is 4.84. The van der Waals surface area contributed by atoms with Gasteiger partial charge in [0.2, 0.25) is 0 Å². The lowest BCUT2D eigenvalue weighted by molar-refractivity contribution is -0.141. The monoisotopic (exact) mass is 279 g/mol. The second-order valence-corrected chi connectivity index (χ2v) is 4.84. The van der Waals surface area contributed by atoms with Gasteiger partial charge in [0.05, 0.1) is 12.7 Å². The van der Waals surface area contributed by atoms with Crippen molar-refractivity contribution in [2.45, 2.75) is 31.8 Å². The van der Waals surface area contributed by atoms with Crippen LogP contribution in [0.4, 0.5) is 0 Å². The molecule has 6 nitrogen and oxygen atoms in total. The van der Waals surface area contributed by atoms with Crippen LogP contribution in [0.1, 0.15) is 30.1 Å². The lowest BCUT2D eigenvalue weighted by atomic mass is 10.1. The van der Waals surface area contributed by atoms with E-state index in [-0.39, 0.29) is 17.4 Å². The summed E-state index contributed by atoms with van der Waals surface area (Å²) < 4.78 is 5.03. The molecular weight excluding hydrogens is 262 g/mol. The Morgan fingerprint density at radius 1 is 1.40 bits per heavy atom. The number of amides is 1. The molecule has 108 valence electrons. The van der Waals surface area contributed by atoms with Crippen molar-refractivity contribution in [2.24, 2.45) is 0 Å². The fourth-order valence-electron chi connectivity index (χ4n) is 2.08. The van der Waals surface area contributed by atoms with Gasteiger partial charge in [-0.25, -0.2) is 4.79 Å². The summed E-state index contributed by atoms with van der Waals surface area (Å²) in [5.41, 5.74) is 0.0596. The zero-order valence-corrected chi connectivity index (χ0v) is 11.4. The molecule has 1 aliphatic rings. The first-order valence-electron chi connectivity index (χ1n) is 6.38. The Labute approximate surface area is 116 Å². The molecule has 0 saturated heterocycles. The standard InChI is InChI=1S/C14H17NO5/c1-8(14(18)19)15(9-3-4-9)13(17)11-7-10(20-2)5-6-12(11)16/h5-9,16H,3-4H2,1-2H3,(H,18,19). The minimum absolute atomic E-state index is 0.0596. The molecule has 0 aliphatic heterocycles. The fourth-order valence-corrected chi connectivity index (χ4v) is 2.08. The van der Waals surface area contributed by atoms with Gasteiger partial charge in [-0.05, 0) is 38.0 Å². The van der Waals surface area contributed by atoms with Gasteiger partial charge >= 0.3 is 5.97 Å². The van der Waals surface area contributed by atoms with Crippen LogP contribution in [-0.2, 0) is 4.79 Å². The zero-order chi connectivity index (χ0) is 14.9. The molecule has 0 spiro atoms. The predicted octanol–water partition coefficient (Wildman–Crippen LogP) is 1.48. The molecule has 1 unspecified atom stereocenters. The van der Waals surface area contributed by atoms with E-state index in [2.05, 4.69) is 0 Å². The summed E-state index contributed by atoms with van der Waals surface area (Å²) >= 11 is 0. The van der Waals surface area contributed by atoms with Gasteiger partial charge in [-0.1, -0.05) is 0 Å². The summed E-state index contributed by atoms with van der Waals surface area (Å²) in [4.78, 5) is 25.0. The molecule has 0 radical (unpaired) electrons. The van der Waals surface area contributed by atoms with E-state index in [1.54, 1.807) is 0 Å². The van der Waals surface area contributed by atoms with E-state index in [0.29, 0.717) is 5.75 Å². The first kappa shape index (κ1) is 14.2. The molecule has 0 bridgehead atoms. The summed E-state index contributed by atoms with van der Waals surface area (Å²) in [6.45, 7) is 1.47. The predicted molar refractivity (Wildman–Crippen MR) is 70.9 cm³/mol. The Morgan fingerprint density at radius 3 is 2.55 bits per heavy atom. The van der Waals surface area contributed by atoms with E-state index in [0.717, 1.165) is 12.8 Å². The van der Waals surface area contributed by atoms with Crippen LogP contribution >= 0.6 is 0 Å². The van der Waals surface area contributed by atoms with Gasteiger partial charge in [0.25, 0.3) is 5.91 Å². The summed E-state index contributed by atoms with van der Waals surface area (Å²) in [6.07, 6.45) is 1.57. The topological polar surface area (TPSA) is 87.1 Å². The van der Waals surface area contributed by atoms with Crippen molar-refractivity contribution in [1.29, 1.82) is 0 Å². The Hall–Kier alpha value is -2.24. The Kier molecular flexibility index (Phi) is 3.83. The van der Waals surface area contributed by atoms with Crippen molar-refractivity contribution < 1.29 is 24.5 Å². The Bertz CT molecular complexity index is 538. The number of carboxylic acids is 1. The number of carbonyl (C=O) groups excluding carboxylic acids is 1. The number of carbonyl (C=O) groups is 2. The van der Waals surface area contributed by atoms with Crippen molar-refractivity contribution >= 4 is 11.9 Å². The van der Waals surface area contributed by atoms with Gasteiger partial charge in [0.15, 0.2) is 0 Å². The van der Waals surface area contributed by atoms with Gasteiger partial charge in [0, 0.05) is 6.04 Å². The molecule has 6 heteroatoms. The molecule has 1 aromatic rings. The van der Waals surface area contributed by atoms with Gasteiger partial charge in [-0.2, -0.15) is 0 Å². The van der Waals surface area contributed by atoms with E-state index in [1.165, 1.54) is 37.1 Å². The minimum Gasteiger partial charge on any atom is -0.507 e. The maximum Gasteiger partial charge on any atom is 0.326 e. The maximum atomic E-state index is 12.5. The summed E-state index contributed by atoms with van der Waals surface area (Å²) in [5, 5.41) is 18.9. The highest BCUT2D eigenvalue weighted by Crippen LogP contribution is 2.33. The summed E-state index contributed by atoms with van der Waals surface area (Å²) in [6, 6.07) is 3.32. The van der Waals surface area contributed by atoms with Crippen molar-refractivity contribution in [3.05, 3.63) is 23.8 Å². The molecule has 0 heterocycles. The quantitative estimate of drug-likeness (QED) is 0.852. The molecule has 1 amide bonds. The van der Waals surface area contributed by atoms with E-state index in [1.807, 2.05) is 0 Å². The Morgan fingerprint density at radius 2 is 2.05 bits per heavy atom. The lowest BCUT2D eigenvalue weighted by Crippen LogP contribution is -2.44. The van der Waals surface area contributed by atoms with E-state index >= 15 is 0 Å². The third-order valence-corrected chi connectivity index (χ3v) is 3.38. The molecule has 1 saturated carbocycles. The van der Waals surface area contributed by atoms with Crippen molar-refractivity contribution in [1.82, 2.24) is 4.90 Å². The highest BCUT2D eigenvalue weighted by molar-refractivity contribution is 5.99. The van der Waals surface area contributed by atoms with Crippen LogP contribution in [0.15, 0.2) is 18.2 Å². The number of hydrogen-bond donors (Lipinski definition) is 2. The molecular formula is C14H17NO5. The number of rotatable bonds is 5. The van der Waals surface area contributed by atoms with Crippen molar-refractivity contribution in [2.75, 3.05) is 7.11 Å². The number of ether oxygens (including phenoxy) is 1. The molecule has 20 heavy (non-hydrogen) atoms. The van der Waals surface area contributed by atoms with Crippen LogP contribution in [0, 0.1) is 0 Å². The maximum absolute atomic E-state index is 12.5. The molecule has 2 N–H and O–H groups in total. The average molecular weight is 279 g/mol. The number of carboxylic acid groups (broad SMARTS) is 1. The fraction of sp³-hybridized carbons (Fsp3) is 0.429. The SMILES string of the molecule is COc1ccc(O)c(C(=O)N(C2CC2)C(C)C(=O)O)c1. The smallest absolute Gasteiger partial charge is 0.326 e. The molecule has 2 rings (SSSR count). The molecule has 1 atom stereocenters. The number of hydrogen-bond acceptors (Lipinski definition) is 4. The van der Waals surface area contributed by atoms with E-state index < -0.39 is 17.9 Å². The number of nitrogens with zero attached hydrogens (tertiary/aromatic N) is 1. The zero-order valence-electron chi connectivity index (χ0n) is 11.4. The van der Waals surface area contributed by atoms with Crippen LogP contribution in [0.5, 0.6) is 11.5 Å². The van der Waals surface area contributed by atoms with E-state index in [9.17, 15) is 14.7 Å². The number of benzene rings is 1. The first-order chi connectivity index (χ1) is 9.45. The third kappa shape index (κ3) is 2.68. The largest absolute Gasteiger partial charge is 0.507 e. The highest BCUT2D eigenvalue weighted by atomic mass is 16.5. The van der Waals surface area contributed by atoms with Crippen LogP contribution in [0.2, 0.25) is 0 Å².